The van der Waals surface area contributed by atoms with E-state index >= 15 is 0 Å². The maximum absolute atomic E-state index is 13.2. The van der Waals surface area contributed by atoms with Crippen LogP contribution >= 0.6 is 0 Å². The molecular weight excluding hydrogens is 398 g/mol. The van der Waals surface area contributed by atoms with Gasteiger partial charge in [-0.2, -0.15) is 0 Å². The molecule has 1 aliphatic heterocycles. The molecule has 0 unspecified atom stereocenters. The van der Waals surface area contributed by atoms with Crippen molar-refractivity contribution in [2.75, 3.05) is 24.5 Å². The van der Waals surface area contributed by atoms with Gasteiger partial charge in [0.05, 0.1) is 0 Å². The van der Waals surface area contributed by atoms with Gasteiger partial charge < -0.3 is 10.2 Å². The highest BCUT2D eigenvalue weighted by atomic mass is 16.2. The fraction of sp³-hybridized carbons (Fsp3) is 0.259. The van der Waals surface area contributed by atoms with Gasteiger partial charge in [-0.3, -0.25) is 9.69 Å². The molecule has 0 radical (unpaired) electrons. The van der Waals surface area contributed by atoms with Crippen LogP contribution in [0.2, 0.25) is 0 Å². The van der Waals surface area contributed by atoms with Crippen LogP contribution in [-0.4, -0.2) is 36.5 Å². The summed E-state index contributed by atoms with van der Waals surface area (Å²) in [5.41, 5.74) is 4.84. The first-order valence-electron chi connectivity index (χ1n) is 11.1. The van der Waals surface area contributed by atoms with Gasteiger partial charge in [0.15, 0.2) is 0 Å². The second-order valence-electron chi connectivity index (χ2n) is 8.24. The maximum atomic E-state index is 13.2. The number of nitrogens with zero attached hydrogens (tertiary/aromatic N) is 2. The van der Waals surface area contributed by atoms with E-state index in [4.69, 9.17) is 0 Å². The molecule has 0 saturated carbocycles. The van der Waals surface area contributed by atoms with Crippen LogP contribution < -0.4 is 10.2 Å². The fourth-order valence-electron chi connectivity index (χ4n) is 4.08. The molecule has 3 amide bonds. The number of anilines is 1. The van der Waals surface area contributed by atoms with Gasteiger partial charge in [-0.25, -0.2) is 4.79 Å². The fourth-order valence-corrected chi connectivity index (χ4v) is 4.08. The molecule has 1 saturated heterocycles. The summed E-state index contributed by atoms with van der Waals surface area (Å²) in [7, 11) is 0. The third kappa shape index (κ3) is 5.35. The van der Waals surface area contributed by atoms with Gasteiger partial charge in [0, 0.05) is 37.4 Å². The van der Waals surface area contributed by atoms with Crippen LogP contribution in [0, 0.1) is 6.92 Å². The molecule has 1 fully saturated rings. The Morgan fingerprint density at radius 3 is 2.50 bits per heavy atom. The molecule has 32 heavy (non-hydrogen) atoms. The second kappa shape index (κ2) is 10.1. The van der Waals surface area contributed by atoms with Gasteiger partial charge in [-0.1, -0.05) is 66.2 Å². The summed E-state index contributed by atoms with van der Waals surface area (Å²) in [6.45, 7) is 4.62. The predicted octanol–water partition coefficient (Wildman–Crippen LogP) is 4.80. The summed E-state index contributed by atoms with van der Waals surface area (Å²) >= 11 is 0. The van der Waals surface area contributed by atoms with Gasteiger partial charge in [-0.15, -0.1) is 0 Å². The number of hydrogen-bond donors (Lipinski definition) is 1. The van der Waals surface area contributed by atoms with Gasteiger partial charge >= 0.3 is 6.03 Å². The normalized spacial score (nSPS) is 13.8. The van der Waals surface area contributed by atoms with Crippen molar-refractivity contribution in [2.45, 2.75) is 26.3 Å². The molecule has 0 spiro atoms. The number of carbonyl (C=O) groups excluding carboxylic acids is 2. The average Bonchev–Trinajstić information content (AvgIpc) is 2.81. The van der Waals surface area contributed by atoms with E-state index in [0.29, 0.717) is 25.2 Å². The monoisotopic (exact) mass is 427 g/mol. The van der Waals surface area contributed by atoms with Crippen molar-refractivity contribution < 1.29 is 9.59 Å². The van der Waals surface area contributed by atoms with Crippen molar-refractivity contribution in [1.29, 1.82) is 0 Å². The van der Waals surface area contributed by atoms with E-state index < -0.39 is 0 Å². The highest BCUT2D eigenvalue weighted by Crippen LogP contribution is 2.23. The third-order valence-electron chi connectivity index (χ3n) is 5.73. The van der Waals surface area contributed by atoms with E-state index in [2.05, 4.69) is 42.6 Å². The Balaban J connectivity index is 1.40. The van der Waals surface area contributed by atoms with Crippen LogP contribution in [0.1, 0.15) is 33.5 Å². The zero-order valence-corrected chi connectivity index (χ0v) is 18.5. The second-order valence-corrected chi connectivity index (χ2v) is 8.24. The van der Waals surface area contributed by atoms with Crippen LogP contribution in [0.3, 0.4) is 0 Å². The largest absolute Gasteiger partial charge is 0.352 e. The highest BCUT2D eigenvalue weighted by molar-refractivity contribution is 5.98. The standard InChI is InChI=1S/C27H29N3O2/c1-21-8-5-11-23(18-21)20-29-16-7-17-30(27(29)32)25-13-6-12-24(19-25)26(31)28-15-14-22-9-3-2-4-10-22/h2-6,8-13,18-19H,7,14-17,20H2,1H3,(H,28,31). The van der Waals surface area contributed by atoms with E-state index in [1.54, 1.807) is 11.0 Å². The van der Waals surface area contributed by atoms with Crippen LogP contribution in [0.15, 0.2) is 78.9 Å². The van der Waals surface area contributed by atoms with Gasteiger partial charge in [0.2, 0.25) is 0 Å². The number of benzene rings is 3. The molecule has 1 heterocycles. The lowest BCUT2D eigenvalue weighted by molar-refractivity contribution is 0.0954. The zero-order valence-electron chi connectivity index (χ0n) is 18.5. The Kier molecular flexibility index (Phi) is 6.85. The Labute approximate surface area is 189 Å². The van der Waals surface area contributed by atoms with E-state index in [-0.39, 0.29) is 11.9 Å². The molecule has 3 aromatic rings. The van der Waals surface area contributed by atoms with E-state index in [1.165, 1.54) is 11.1 Å². The quantitative estimate of drug-likeness (QED) is 0.589. The van der Waals surface area contributed by atoms with Crippen LogP contribution in [0.25, 0.3) is 0 Å². The van der Waals surface area contributed by atoms with Gasteiger partial charge in [0.1, 0.15) is 0 Å². The smallest absolute Gasteiger partial charge is 0.324 e. The summed E-state index contributed by atoms with van der Waals surface area (Å²) in [5, 5.41) is 2.98. The Morgan fingerprint density at radius 2 is 1.69 bits per heavy atom. The Morgan fingerprint density at radius 1 is 0.906 bits per heavy atom. The van der Waals surface area contributed by atoms with Crippen molar-refractivity contribution in [2.24, 2.45) is 0 Å². The molecule has 0 aromatic heterocycles. The van der Waals surface area contributed by atoms with E-state index in [9.17, 15) is 9.59 Å². The molecule has 5 nitrogen and oxygen atoms in total. The molecule has 4 rings (SSSR count). The first-order valence-corrected chi connectivity index (χ1v) is 11.1. The minimum absolute atomic E-state index is 0.0145. The van der Waals surface area contributed by atoms with Crippen molar-refractivity contribution in [3.8, 4) is 0 Å². The molecule has 5 heteroatoms. The van der Waals surface area contributed by atoms with Crippen molar-refractivity contribution >= 4 is 17.6 Å². The lowest BCUT2D eigenvalue weighted by atomic mass is 10.1. The average molecular weight is 428 g/mol. The number of amides is 3. The lowest BCUT2D eigenvalue weighted by Crippen LogP contribution is -2.49. The van der Waals surface area contributed by atoms with Crippen LogP contribution in [0.5, 0.6) is 0 Å². The minimum Gasteiger partial charge on any atom is -0.352 e. The van der Waals surface area contributed by atoms with Crippen LogP contribution in [-0.2, 0) is 13.0 Å². The molecule has 0 bridgehead atoms. The summed E-state index contributed by atoms with van der Waals surface area (Å²) in [6.07, 6.45) is 1.68. The predicted molar refractivity (Wildman–Crippen MR) is 128 cm³/mol. The summed E-state index contributed by atoms with van der Waals surface area (Å²) in [6, 6.07) is 25.7. The number of urea groups is 1. The van der Waals surface area contributed by atoms with Gasteiger partial charge in [0.25, 0.3) is 5.91 Å². The molecule has 1 aliphatic rings. The lowest BCUT2D eigenvalue weighted by Gasteiger charge is -2.36. The van der Waals surface area contributed by atoms with Crippen LogP contribution in [0.4, 0.5) is 10.5 Å². The summed E-state index contributed by atoms with van der Waals surface area (Å²) in [4.78, 5) is 29.5. The summed E-state index contributed by atoms with van der Waals surface area (Å²) < 4.78 is 0. The number of nitrogens with one attached hydrogen (secondary N) is 1. The molecule has 0 atom stereocenters. The van der Waals surface area contributed by atoms with Crippen molar-refractivity contribution in [1.82, 2.24) is 10.2 Å². The number of aryl methyl sites for hydroxylation is 1. The van der Waals surface area contributed by atoms with E-state index in [1.807, 2.05) is 47.4 Å². The number of hydrogen-bond acceptors (Lipinski definition) is 2. The number of rotatable bonds is 7. The zero-order chi connectivity index (χ0) is 22.3. The first kappa shape index (κ1) is 21.6. The molecule has 3 aromatic carbocycles. The van der Waals surface area contributed by atoms with E-state index in [0.717, 1.165) is 30.6 Å². The molecule has 0 aliphatic carbocycles. The van der Waals surface area contributed by atoms with Gasteiger partial charge in [-0.05, 0) is 49.1 Å². The topological polar surface area (TPSA) is 52.6 Å². The maximum Gasteiger partial charge on any atom is 0.324 e. The third-order valence-corrected chi connectivity index (χ3v) is 5.73. The Bertz CT molecular complexity index is 1080. The SMILES string of the molecule is Cc1cccc(CN2CCCN(c3cccc(C(=O)NCCc4ccccc4)c3)C2=O)c1. The van der Waals surface area contributed by atoms with Crippen molar-refractivity contribution in [3.63, 3.8) is 0 Å². The highest BCUT2D eigenvalue weighted by Gasteiger charge is 2.27. The minimum atomic E-state index is -0.121. The van der Waals surface area contributed by atoms with Crippen molar-refractivity contribution in [3.05, 3.63) is 101 Å². The number of carbonyl (C=O) groups is 2. The molecule has 1 N–H and O–H groups in total. The summed E-state index contributed by atoms with van der Waals surface area (Å²) in [5.74, 6) is -0.121. The Hall–Kier alpha value is -3.60. The molecular formula is C27H29N3O2. The first-order chi connectivity index (χ1) is 15.6. The molecule has 164 valence electrons.